The molecular weight excluding hydrogens is 210 g/mol. The first-order chi connectivity index (χ1) is 8.42. The molecule has 0 aliphatic heterocycles. The van der Waals surface area contributed by atoms with Crippen LogP contribution in [0.4, 0.5) is 0 Å². The Morgan fingerprint density at radius 2 is 1.94 bits per heavy atom. The summed E-state index contributed by atoms with van der Waals surface area (Å²) in [7, 11) is 0. The van der Waals surface area contributed by atoms with Crippen LogP contribution < -0.4 is 5.32 Å². The monoisotopic (exact) mass is 229 g/mol. The quantitative estimate of drug-likeness (QED) is 0.771. The van der Waals surface area contributed by atoms with Crippen molar-refractivity contribution in [1.82, 2.24) is 15.1 Å². The summed E-state index contributed by atoms with van der Waals surface area (Å²) in [4.78, 5) is 0. The molecule has 0 bridgehead atoms. The topological polar surface area (TPSA) is 29.9 Å². The van der Waals surface area contributed by atoms with Crippen molar-refractivity contribution in [2.45, 2.75) is 19.8 Å². The van der Waals surface area contributed by atoms with Gasteiger partial charge in [0, 0.05) is 24.9 Å². The second-order valence-corrected chi connectivity index (χ2v) is 4.07. The van der Waals surface area contributed by atoms with E-state index in [0.29, 0.717) is 0 Å². The Morgan fingerprint density at radius 3 is 2.71 bits per heavy atom. The summed E-state index contributed by atoms with van der Waals surface area (Å²) in [6.07, 6.45) is 4.05. The van der Waals surface area contributed by atoms with Gasteiger partial charge >= 0.3 is 0 Å². The van der Waals surface area contributed by atoms with Crippen molar-refractivity contribution >= 4 is 0 Å². The highest BCUT2D eigenvalue weighted by Gasteiger charge is 2.03. The van der Waals surface area contributed by atoms with Crippen LogP contribution in [-0.4, -0.2) is 22.9 Å². The van der Waals surface area contributed by atoms with Gasteiger partial charge in [0.05, 0.1) is 5.69 Å². The molecular formula is C14H19N3. The summed E-state index contributed by atoms with van der Waals surface area (Å²) in [6.45, 7) is 4.27. The molecule has 0 radical (unpaired) electrons. The van der Waals surface area contributed by atoms with E-state index >= 15 is 0 Å². The zero-order valence-corrected chi connectivity index (χ0v) is 10.3. The normalized spacial score (nSPS) is 10.6. The zero-order chi connectivity index (χ0) is 11.9. The molecule has 3 heteroatoms. The fraction of sp³-hybridized carbons (Fsp3) is 0.357. The molecule has 0 amide bonds. The van der Waals surface area contributed by atoms with Gasteiger partial charge in [0.2, 0.25) is 0 Å². The lowest BCUT2D eigenvalue weighted by molar-refractivity contribution is 0.654. The Hall–Kier alpha value is -1.61. The number of hydrogen-bond donors (Lipinski definition) is 1. The standard InChI is InChI=1S/C14H19N3/c1-2-10-15-11-8-14-9-12-16-17(14)13-6-4-3-5-7-13/h3-7,9,12,15H,2,8,10-11H2,1H3. The van der Waals surface area contributed by atoms with Crippen LogP contribution in [0, 0.1) is 0 Å². The van der Waals surface area contributed by atoms with Crippen molar-refractivity contribution in [1.29, 1.82) is 0 Å². The van der Waals surface area contributed by atoms with E-state index in [1.807, 2.05) is 29.1 Å². The number of nitrogens with zero attached hydrogens (tertiary/aromatic N) is 2. The molecule has 1 N–H and O–H groups in total. The minimum Gasteiger partial charge on any atom is -0.316 e. The Morgan fingerprint density at radius 1 is 1.12 bits per heavy atom. The number of nitrogens with one attached hydrogen (secondary N) is 1. The minimum absolute atomic E-state index is 1.01. The van der Waals surface area contributed by atoms with Crippen molar-refractivity contribution in [2.24, 2.45) is 0 Å². The van der Waals surface area contributed by atoms with Crippen LogP contribution in [0.2, 0.25) is 0 Å². The smallest absolute Gasteiger partial charge is 0.0648 e. The van der Waals surface area contributed by atoms with E-state index in [0.717, 1.165) is 25.2 Å². The summed E-state index contributed by atoms with van der Waals surface area (Å²) in [5, 5.41) is 7.79. The Labute approximate surface area is 102 Å². The first kappa shape index (κ1) is 11.9. The predicted octanol–water partition coefficient (Wildman–Crippen LogP) is 2.41. The average molecular weight is 229 g/mol. The molecule has 0 aliphatic carbocycles. The molecule has 2 aromatic rings. The molecule has 0 aliphatic rings. The SMILES string of the molecule is CCCNCCc1ccnn1-c1ccccc1. The zero-order valence-electron chi connectivity index (χ0n) is 10.3. The highest BCUT2D eigenvalue weighted by Crippen LogP contribution is 2.09. The van der Waals surface area contributed by atoms with Gasteiger partial charge in [-0.2, -0.15) is 5.10 Å². The molecule has 0 unspecified atom stereocenters. The summed E-state index contributed by atoms with van der Waals surface area (Å²) in [6, 6.07) is 12.3. The molecule has 17 heavy (non-hydrogen) atoms. The van der Waals surface area contributed by atoms with Gasteiger partial charge < -0.3 is 5.32 Å². The molecule has 1 aromatic heterocycles. The average Bonchev–Trinajstić information content (AvgIpc) is 2.84. The van der Waals surface area contributed by atoms with E-state index in [4.69, 9.17) is 0 Å². The van der Waals surface area contributed by atoms with E-state index < -0.39 is 0 Å². The maximum atomic E-state index is 4.37. The Bertz CT molecular complexity index is 434. The van der Waals surface area contributed by atoms with E-state index in [1.54, 1.807) is 0 Å². The molecule has 2 rings (SSSR count). The van der Waals surface area contributed by atoms with Gasteiger partial charge in [-0.1, -0.05) is 25.1 Å². The van der Waals surface area contributed by atoms with Gasteiger partial charge in [0.25, 0.3) is 0 Å². The second-order valence-electron chi connectivity index (χ2n) is 4.07. The fourth-order valence-electron chi connectivity index (χ4n) is 1.84. The molecule has 0 atom stereocenters. The maximum absolute atomic E-state index is 4.37. The Balaban J connectivity index is 2.02. The van der Waals surface area contributed by atoms with Crippen molar-refractivity contribution < 1.29 is 0 Å². The van der Waals surface area contributed by atoms with Gasteiger partial charge in [0.15, 0.2) is 0 Å². The second kappa shape index (κ2) is 6.21. The van der Waals surface area contributed by atoms with Crippen LogP contribution >= 0.6 is 0 Å². The van der Waals surface area contributed by atoms with Gasteiger partial charge in [-0.25, -0.2) is 4.68 Å². The predicted molar refractivity (Wildman–Crippen MR) is 70.4 cm³/mol. The lowest BCUT2D eigenvalue weighted by Gasteiger charge is -2.07. The fourth-order valence-corrected chi connectivity index (χ4v) is 1.84. The van der Waals surface area contributed by atoms with Gasteiger partial charge in [-0.3, -0.25) is 0 Å². The minimum atomic E-state index is 1.01. The molecule has 0 fully saturated rings. The largest absolute Gasteiger partial charge is 0.316 e. The summed E-state index contributed by atoms with van der Waals surface area (Å²) in [5.41, 5.74) is 2.38. The van der Waals surface area contributed by atoms with Crippen LogP contribution in [-0.2, 0) is 6.42 Å². The highest BCUT2D eigenvalue weighted by atomic mass is 15.3. The third kappa shape index (κ3) is 3.17. The summed E-state index contributed by atoms with van der Waals surface area (Å²) < 4.78 is 2.01. The van der Waals surface area contributed by atoms with Gasteiger partial charge in [-0.05, 0) is 31.2 Å². The summed E-state index contributed by atoms with van der Waals surface area (Å²) >= 11 is 0. The van der Waals surface area contributed by atoms with Crippen LogP contribution in [0.3, 0.4) is 0 Å². The lowest BCUT2D eigenvalue weighted by atomic mass is 10.2. The van der Waals surface area contributed by atoms with Crippen molar-refractivity contribution in [2.75, 3.05) is 13.1 Å². The first-order valence-electron chi connectivity index (χ1n) is 6.21. The number of hydrogen-bond acceptors (Lipinski definition) is 2. The number of para-hydroxylation sites is 1. The number of rotatable bonds is 6. The molecule has 0 saturated carbocycles. The van der Waals surface area contributed by atoms with Gasteiger partial charge in [-0.15, -0.1) is 0 Å². The van der Waals surface area contributed by atoms with E-state index in [1.165, 1.54) is 12.1 Å². The third-order valence-electron chi connectivity index (χ3n) is 2.71. The molecule has 3 nitrogen and oxygen atoms in total. The van der Waals surface area contributed by atoms with Gasteiger partial charge in [0.1, 0.15) is 0 Å². The van der Waals surface area contributed by atoms with Crippen molar-refractivity contribution in [3.63, 3.8) is 0 Å². The molecule has 1 aromatic carbocycles. The first-order valence-corrected chi connectivity index (χ1v) is 6.21. The Kier molecular flexibility index (Phi) is 4.33. The van der Waals surface area contributed by atoms with E-state index in [9.17, 15) is 0 Å². The lowest BCUT2D eigenvalue weighted by Crippen LogP contribution is -2.19. The molecule has 0 saturated heterocycles. The maximum Gasteiger partial charge on any atom is 0.0648 e. The molecule has 90 valence electrons. The molecule has 0 spiro atoms. The third-order valence-corrected chi connectivity index (χ3v) is 2.71. The van der Waals surface area contributed by atoms with Crippen molar-refractivity contribution in [3.05, 3.63) is 48.3 Å². The van der Waals surface area contributed by atoms with E-state index in [2.05, 4.69) is 35.5 Å². The van der Waals surface area contributed by atoms with Crippen LogP contribution in [0.15, 0.2) is 42.6 Å². The van der Waals surface area contributed by atoms with E-state index in [-0.39, 0.29) is 0 Å². The molecule has 1 heterocycles. The number of aromatic nitrogens is 2. The highest BCUT2D eigenvalue weighted by molar-refractivity contribution is 5.32. The van der Waals surface area contributed by atoms with Crippen LogP contribution in [0.1, 0.15) is 19.0 Å². The summed E-state index contributed by atoms with van der Waals surface area (Å²) in [5.74, 6) is 0. The number of benzene rings is 1. The van der Waals surface area contributed by atoms with Crippen LogP contribution in [0.5, 0.6) is 0 Å². The van der Waals surface area contributed by atoms with Crippen molar-refractivity contribution in [3.8, 4) is 5.69 Å². The van der Waals surface area contributed by atoms with Crippen LogP contribution in [0.25, 0.3) is 5.69 Å².